The first-order valence-corrected chi connectivity index (χ1v) is 9.20. The number of rotatable bonds is 4. The molecule has 0 aliphatic carbocycles. The second kappa shape index (κ2) is 7.63. The zero-order valence-corrected chi connectivity index (χ0v) is 16.6. The van der Waals surface area contributed by atoms with E-state index in [2.05, 4.69) is 15.4 Å². The fourth-order valence-corrected chi connectivity index (χ4v) is 3.47. The maximum absolute atomic E-state index is 13.9. The lowest BCUT2D eigenvalue weighted by Gasteiger charge is -2.38. The Kier molecular flexibility index (Phi) is 4.97. The van der Waals surface area contributed by atoms with Crippen LogP contribution in [-0.2, 0) is 24.7 Å². The summed E-state index contributed by atoms with van der Waals surface area (Å²) in [5, 5.41) is 7.26. The SMILES string of the molecule is COC(=O)C[C@@]1(C(=O)OC)Nc2cc(F)ccc2-c2nc(=O)c(-c3ccccc3)nn21. The van der Waals surface area contributed by atoms with Gasteiger partial charge in [0.25, 0.3) is 5.56 Å². The van der Waals surface area contributed by atoms with Crippen molar-refractivity contribution >= 4 is 17.6 Å². The zero-order valence-electron chi connectivity index (χ0n) is 16.6. The number of methoxy groups -OCH3 is 2. The molecule has 0 unspecified atom stereocenters. The van der Waals surface area contributed by atoms with Gasteiger partial charge in [-0.05, 0) is 18.2 Å². The molecule has 1 atom stereocenters. The van der Waals surface area contributed by atoms with Gasteiger partial charge in [0.1, 0.15) is 12.2 Å². The molecule has 10 heteroatoms. The molecule has 1 aliphatic rings. The highest BCUT2D eigenvalue weighted by atomic mass is 19.1. The minimum atomic E-state index is -1.96. The molecule has 2 aromatic carbocycles. The topological polar surface area (TPSA) is 112 Å². The van der Waals surface area contributed by atoms with E-state index in [0.717, 1.165) is 25.0 Å². The first-order chi connectivity index (χ1) is 14.9. The van der Waals surface area contributed by atoms with E-state index < -0.39 is 35.4 Å². The molecule has 3 aromatic rings. The Morgan fingerprint density at radius 1 is 1.13 bits per heavy atom. The summed E-state index contributed by atoms with van der Waals surface area (Å²) < 4.78 is 24.8. The van der Waals surface area contributed by atoms with Gasteiger partial charge in [0.05, 0.1) is 19.9 Å². The Hall–Kier alpha value is -4.08. The number of carbonyl (C=O) groups excluding carboxylic acids is 2. The fourth-order valence-electron chi connectivity index (χ4n) is 3.47. The van der Waals surface area contributed by atoms with Gasteiger partial charge >= 0.3 is 11.9 Å². The van der Waals surface area contributed by atoms with E-state index in [-0.39, 0.29) is 17.2 Å². The number of fused-ring (bicyclic) bond motifs is 3. The molecule has 0 saturated carbocycles. The van der Waals surface area contributed by atoms with Crippen molar-refractivity contribution in [2.24, 2.45) is 0 Å². The highest BCUT2D eigenvalue weighted by Crippen LogP contribution is 2.39. The number of esters is 2. The van der Waals surface area contributed by atoms with Crippen LogP contribution in [0.4, 0.5) is 10.1 Å². The summed E-state index contributed by atoms with van der Waals surface area (Å²) >= 11 is 0. The van der Waals surface area contributed by atoms with E-state index in [4.69, 9.17) is 9.47 Å². The van der Waals surface area contributed by atoms with Crippen molar-refractivity contribution in [3.8, 4) is 22.6 Å². The van der Waals surface area contributed by atoms with Crippen LogP contribution in [0.3, 0.4) is 0 Å². The quantitative estimate of drug-likeness (QED) is 0.633. The third kappa shape index (κ3) is 3.31. The third-order valence-corrected chi connectivity index (χ3v) is 4.93. The smallest absolute Gasteiger partial charge is 0.355 e. The van der Waals surface area contributed by atoms with E-state index in [1.807, 2.05) is 0 Å². The standard InChI is InChI=1S/C21H17FN4O5/c1-30-16(27)11-21(20(29)31-2)24-15-10-13(22)8-9-14(15)18-23-19(28)17(25-26(18)21)12-6-4-3-5-7-12/h3-10,24H,11H2,1-2H3/t21-/m1/s1. The number of hydrogen-bond acceptors (Lipinski definition) is 8. The molecule has 0 saturated heterocycles. The summed E-state index contributed by atoms with van der Waals surface area (Å²) in [6.07, 6.45) is -0.551. The number of anilines is 1. The number of aromatic nitrogens is 3. The molecule has 0 spiro atoms. The maximum atomic E-state index is 13.9. The largest absolute Gasteiger partial charge is 0.469 e. The molecule has 1 N–H and O–H groups in total. The Morgan fingerprint density at radius 2 is 1.87 bits per heavy atom. The molecule has 1 aliphatic heterocycles. The number of halogens is 1. The van der Waals surface area contributed by atoms with Crippen LogP contribution in [0.5, 0.6) is 0 Å². The number of nitrogens with one attached hydrogen (secondary N) is 1. The number of nitrogens with zero attached hydrogens (tertiary/aromatic N) is 3. The van der Waals surface area contributed by atoms with Gasteiger partial charge in [0.2, 0.25) is 5.66 Å². The minimum absolute atomic E-state index is 0.0206. The highest BCUT2D eigenvalue weighted by molar-refractivity contribution is 5.92. The monoisotopic (exact) mass is 424 g/mol. The zero-order chi connectivity index (χ0) is 22.2. The maximum Gasteiger partial charge on any atom is 0.355 e. The third-order valence-electron chi connectivity index (χ3n) is 4.93. The van der Waals surface area contributed by atoms with Crippen LogP contribution in [0.1, 0.15) is 6.42 Å². The van der Waals surface area contributed by atoms with Gasteiger partial charge in [0, 0.05) is 11.1 Å². The Morgan fingerprint density at radius 3 is 2.55 bits per heavy atom. The van der Waals surface area contributed by atoms with Gasteiger partial charge in [0.15, 0.2) is 11.5 Å². The lowest BCUT2D eigenvalue weighted by molar-refractivity contribution is -0.157. The number of carbonyl (C=O) groups is 2. The van der Waals surface area contributed by atoms with E-state index in [9.17, 15) is 18.8 Å². The molecular weight excluding hydrogens is 407 g/mol. The molecule has 2 heterocycles. The lowest BCUT2D eigenvalue weighted by Crippen LogP contribution is -2.55. The minimum Gasteiger partial charge on any atom is -0.469 e. The Balaban J connectivity index is 2.06. The first-order valence-electron chi connectivity index (χ1n) is 9.20. The van der Waals surface area contributed by atoms with Crippen LogP contribution in [0.15, 0.2) is 53.3 Å². The van der Waals surface area contributed by atoms with Crippen molar-refractivity contribution in [2.75, 3.05) is 19.5 Å². The van der Waals surface area contributed by atoms with Crippen LogP contribution in [0.25, 0.3) is 22.6 Å². The van der Waals surface area contributed by atoms with Crippen LogP contribution < -0.4 is 10.9 Å². The molecule has 31 heavy (non-hydrogen) atoms. The molecule has 4 rings (SSSR count). The predicted molar refractivity (Wildman–Crippen MR) is 107 cm³/mol. The molecule has 0 bridgehead atoms. The van der Waals surface area contributed by atoms with Gasteiger partial charge < -0.3 is 14.8 Å². The van der Waals surface area contributed by atoms with Crippen molar-refractivity contribution in [3.63, 3.8) is 0 Å². The molecule has 0 radical (unpaired) electrons. The first kappa shape index (κ1) is 20.2. The normalized spacial score (nSPS) is 16.5. The second-order valence-corrected chi connectivity index (χ2v) is 6.79. The highest BCUT2D eigenvalue weighted by Gasteiger charge is 2.50. The Labute approximate surface area is 175 Å². The van der Waals surface area contributed by atoms with Crippen molar-refractivity contribution in [3.05, 3.63) is 64.7 Å². The molecule has 0 amide bonds. The lowest BCUT2D eigenvalue weighted by atomic mass is 9.99. The van der Waals surface area contributed by atoms with Gasteiger partial charge in [-0.25, -0.2) is 13.9 Å². The number of ether oxygens (including phenoxy) is 2. The summed E-state index contributed by atoms with van der Waals surface area (Å²) in [6, 6.07) is 12.3. The summed E-state index contributed by atoms with van der Waals surface area (Å²) in [5.41, 5.74) is -1.69. The summed E-state index contributed by atoms with van der Waals surface area (Å²) in [6.45, 7) is 0. The molecule has 1 aromatic heterocycles. The molecule has 0 fully saturated rings. The van der Waals surface area contributed by atoms with Crippen molar-refractivity contribution in [2.45, 2.75) is 12.1 Å². The van der Waals surface area contributed by atoms with Crippen LogP contribution in [-0.4, -0.2) is 40.9 Å². The van der Waals surface area contributed by atoms with Gasteiger partial charge in [-0.2, -0.15) is 10.1 Å². The van der Waals surface area contributed by atoms with Crippen LogP contribution in [0, 0.1) is 5.82 Å². The van der Waals surface area contributed by atoms with Crippen molar-refractivity contribution in [1.82, 2.24) is 14.8 Å². The van der Waals surface area contributed by atoms with E-state index >= 15 is 0 Å². The van der Waals surface area contributed by atoms with Gasteiger partial charge in [-0.15, -0.1) is 0 Å². The molecule has 158 valence electrons. The summed E-state index contributed by atoms with van der Waals surface area (Å²) in [7, 11) is 2.30. The van der Waals surface area contributed by atoms with Crippen LogP contribution >= 0.6 is 0 Å². The van der Waals surface area contributed by atoms with Crippen molar-refractivity contribution < 1.29 is 23.5 Å². The average molecular weight is 424 g/mol. The fraction of sp³-hybridized carbons (Fsp3) is 0.190. The van der Waals surface area contributed by atoms with E-state index in [1.54, 1.807) is 30.3 Å². The van der Waals surface area contributed by atoms with Crippen LogP contribution in [0.2, 0.25) is 0 Å². The van der Waals surface area contributed by atoms with Gasteiger partial charge in [-0.3, -0.25) is 9.59 Å². The van der Waals surface area contributed by atoms with E-state index in [0.29, 0.717) is 11.1 Å². The molecular formula is C21H17FN4O5. The average Bonchev–Trinajstić information content (AvgIpc) is 2.78. The molecule has 9 nitrogen and oxygen atoms in total. The summed E-state index contributed by atoms with van der Waals surface area (Å²) in [5.74, 6) is -2.27. The number of hydrogen-bond donors (Lipinski definition) is 1. The predicted octanol–water partition coefficient (Wildman–Crippen LogP) is 1.93. The van der Waals surface area contributed by atoms with Crippen molar-refractivity contribution in [1.29, 1.82) is 0 Å². The second-order valence-electron chi connectivity index (χ2n) is 6.79. The number of benzene rings is 2. The summed E-state index contributed by atoms with van der Waals surface area (Å²) in [4.78, 5) is 42.2. The van der Waals surface area contributed by atoms with Gasteiger partial charge in [-0.1, -0.05) is 30.3 Å². The Bertz CT molecular complexity index is 1240. The van der Waals surface area contributed by atoms with E-state index in [1.165, 1.54) is 12.1 Å².